The Bertz CT molecular complexity index is 966. The molecule has 0 fully saturated rings. The van der Waals surface area contributed by atoms with Gasteiger partial charge in [0.1, 0.15) is 11.6 Å². The summed E-state index contributed by atoms with van der Waals surface area (Å²) in [5, 5.41) is 10.8. The standard InChI is InChI=1S/C23H28FN5O/c1-17(2)30-22-9-7-20(8-10-22)28-23(26-16-21-12-14-27-29(21)3)25-13-11-18-5-4-6-19(24)15-18/h4-10,12,14-15,17H,11,13,16H2,1-3H3,(H2,25,26,28). The minimum absolute atomic E-state index is 0.129. The highest BCUT2D eigenvalue weighted by atomic mass is 19.1. The lowest BCUT2D eigenvalue weighted by atomic mass is 10.1. The third-order valence-corrected chi connectivity index (χ3v) is 4.41. The Kier molecular flexibility index (Phi) is 7.43. The number of aromatic nitrogens is 2. The molecule has 0 aliphatic heterocycles. The summed E-state index contributed by atoms with van der Waals surface area (Å²) in [6, 6.07) is 16.3. The molecule has 0 aliphatic carbocycles. The van der Waals surface area contributed by atoms with Crippen LogP contribution in [0.4, 0.5) is 10.1 Å². The molecule has 0 saturated heterocycles. The maximum Gasteiger partial charge on any atom is 0.196 e. The van der Waals surface area contributed by atoms with Crippen LogP contribution in [-0.4, -0.2) is 28.4 Å². The van der Waals surface area contributed by atoms with Gasteiger partial charge in [-0.1, -0.05) is 12.1 Å². The van der Waals surface area contributed by atoms with Gasteiger partial charge in [0, 0.05) is 25.5 Å². The molecule has 0 amide bonds. The van der Waals surface area contributed by atoms with Gasteiger partial charge in [-0.3, -0.25) is 4.68 Å². The van der Waals surface area contributed by atoms with Gasteiger partial charge < -0.3 is 15.4 Å². The van der Waals surface area contributed by atoms with Gasteiger partial charge in [0.05, 0.1) is 18.3 Å². The molecule has 6 nitrogen and oxygen atoms in total. The van der Waals surface area contributed by atoms with Crippen LogP contribution in [0.5, 0.6) is 5.75 Å². The first-order chi connectivity index (χ1) is 14.5. The SMILES string of the molecule is CC(C)Oc1ccc(NC(=NCc2ccnn2C)NCCc2cccc(F)c2)cc1. The fourth-order valence-electron chi connectivity index (χ4n) is 2.90. The van der Waals surface area contributed by atoms with E-state index in [2.05, 4.69) is 20.7 Å². The van der Waals surface area contributed by atoms with Gasteiger partial charge >= 0.3 is 0 Å². The average Bonchev–Trinajstić information content (AvgIpc) is 3.12. The predicted molar refractivity (Wildman–Crippen MR) is 118 cm³/mol. The van der Waals surface area contributed by atoms with E-state index in [0.717, 1.165) is 22.7 Å². The molecule has 0 bridgehead atoms. The number of nitrogens with zero attached hydrogens (tertiary/aromatic N) is 3. The number of rotatable bonds is 8. The van der Waals surface area contributed by atoms with Crippen molar-refractivity contribution in [2.45, 2.75) is 32.9 Å². The molecule has 3 rings (SSSR count). The number of hydrogen-bond donors (Lipinski definition) is 2. The Morgan fingerprint density at radius 3 is 2.63 bits per heavy atom. The van der Waals surface area contributed by atoms with E-state index in [-0.39, 0.29) is 11.9 Å². The van der Waals surface area contributed by atoms with Crippen molar-refractivity contribution in [3.05, 3.63) is 77.9 Å². The topological polar surface area (TPSA) is 63.5 Å². The van der Waals surface area contributed by atoms with Gasteiger partial charge in [-0.2, -0.15) is 5.10 Å². The van der Waals surface area contributed by atoms with Crippen LogP contribution in [0.1, 0.15) is 25.1 Å². The molecule has 3 aromatic rings. The molecule has 158 valence electrons. The number of benzene rings is 2. The van der Waals surface area contributed by atoms with E-state index in [0.29, 0.717) is 25.5 Å². The van der Waals surface area contributed by atoms with Gasteiger partial charge in [-0.25, -0.2) is 9.38 Å². The molecular weight excluding hydrogens is 381 g/mol. The minimum atomic E-state index is -0.223. The highest BCUT2D eigenvalue weighted by Gasteiger charge is 2.04. The minimum Gasteiger partial charge on any atom is -0.491 e. The predicted octanol–water partition coefficient (Wildman–Crippen LogP) is 4.15. The smallest absolute Gasteiger partial charge is 0.196 e. The van der Waals surface area contributed by atoms with E-state index < -0.39 is 0 Å². The summed E-state index contributed by atoms with van der Waals surface area (Å²) >= 11 is 0. The van der Waals surface area contributed by atoms with Crippen molar-refractivity contribution in [1.82, 2.24) is 15.1 Å². The molecule has 0 unspecified atom stereocenters. The van der Waals surface area contributed by atoms with Crippen LogP contribution < -0.4 is 15.4 Å². The Morgan fingerprint density at radius 2 is 1.97 bits per heavy atom. The van der Waals surface area contributed by atoms with Gasteiger partial charge in [-0.15, -0.1) is 0 Å². The second-order valence-electron chi connectivity index (χ2n) is 7.23. The molecule has 0 saturated carbocycles. The molecule has 2 aromatic carbocycles. The molecule has 0 radical (unpaired) electrons. The number of ether oxygens (including phenoxy) is 1. The molecule has 0 aliphatic rings. The van der Waals surface area contributed by atoms with Crippen molar-refractivity contribution >= 4 is 11.6 Å². The Balaban J connectivity index is 1.66. The van der Waals surface area contributed by atoms with E-state index in [1.54, 1.807) is 23.0 Å². The number of guanidine groups is 1. The molecule has 2 N–H and O–H groups in total. The largest absolute Gasteiger partial charge is 0.491 e. The van der Waals surface area contributed by atoms with Crippen LogP contribution in [0.2, 0.25) is 0 Å². The summed E-state index contributed by atoms with van der Waals surface area (Å²) in [6.45, 7) is 5.10. The maximum absolute atomic E-state index is 13.4. The van der Waals surface area contributed by atoms with Crippen molar-refractivity contribution in [1.29, 1.82) is 0 Å². The first kappa shape index (κ1) is 21.4. The summed E-state index contributed by atoms with van der Waals surface area (Å²) in [4.78, 5) is 4.67. The van der Waals surface area contributed by atoms with Crippen LogP contribution in [0.3, 0.4) is 0 Å². The average molecular weight is 410 g/mol. The number of nitrogens with one attached hydrogen (secondary N) is 2. The van der Waals surface area contributed by atoms with E-state index in [1.165, 1.54) is 6.07 Å². The lowest BCUT2D eigenvalue weighted by Gasteiger charge is -2.14. The van der Waals surface area contributed by atoms with Gasteiger partial charge in [-0.05, 0) is 68.3 Å². The molecule has 30 heavy (non-hydrogen) atoms. The number of halogens is 1. The second kappa shape index (κ2) is 10.4. The highest BCUT2D eigenvalue weighted by Crippen LogP contribution is 2.17. The molecule has 0 atom stereocenters. The fraction of sp³-hybridized carbons (Fsp3) is 0.304. The van der Waals surface area contributed by atoms with E-state index in [4.69, 9.17) is 4.74 Å². The van der Waals surface area contributed by atoms with Gasteiger partial charge in [0.25, 0.3) is 0 Å². The van der Waals surface area contributed by atoms with Crippen molar-refractivity contribution in [3.8, 4) is 5.75 Å². The number of aryl methyl sites for hydroxylation is 1. The summed E-state index contributed by atoms with van der Waals surface area (Å²) < 4.78 is 20.9. The molecule has 0 spiro atoms. The van der Waals surface area contributed by atoms with Crippen molar-refractivity contribution in [2.75, 3.05) is 11.9 Å². The van der Waals surface area contributed by atoms with Gasteiger partial charge in [0.15, 0.2) is 5.96 Å². The van der Waals surface area contributed by atoms with Crippen molar-refractivity contribution in [3.63, 3.8) is 0 Å². The Morgan fingerprint density at radius 1 is 1.17 bits per heavy atom. The summed E-state index contributed by atoms with van der Waals surface area (Å²) in [7, 11) is 1.89. The second-order valence-corrected chi connectivity index (χ2v) is 7.23. The monoisotopic (exact) mass is 409 g/mol. The summed E-state index contributed by atoms with van der Waals surface area (Å²) in [5.74, 6) is 1.24. The first-order valence-electron chi connectivity index (χ1n) is 10.0. The zero-order valence-corrected chi connectivity index (χ0v) is 17.6. The quantitative estimate of drug-likeness (QED) is 0.433. The normalized spacial score (nSPS) is 11.6. The summed E-state index contributed by atoms with van der Waals surface area (Å²) in [5.41, 5.74) is 2.83. The molecule has 1 heterocycles. The number of hydrogen-bond acceptors (Lipinski definition) is 3. The Labute approximate surface area is 176 Å². The summed E-state index contributed by atoms with van der Waals surface area (Å²) in [6.07, 6.45) is 2.57. The lowest BCUT2D eigenvalue weighted by molar-refractivity contribution is 0.242. The molecule has 1 aromatic heterocycles. The van der Waals surface area contributed by atoms with Crippen molar-refractivity contribution in [2.24, 2.45) is 12.0 Å². The van der Waals surface area contributed by atoms with Crippen molar-refractivity contribution < 1.29 is 9.13 Å². The molecular formula is C23H28FN5O. The van der Waals surface area contributed by atoms with Gasteiger partial charge in [0.2, 0.25) is 0 Å². The van der Waals surface area contributed by atoms with E-state index >= 15 is 0 Å². The third-order valence-electron chi connectivity index (χ3n) is 4.41. The number of anilines is 1. The Hall–Kier alpha value is -3.35. The van der Waals surface area contributed by atoms with Crippen LogP contribution >= 0.6 is 0 Å². The van der Waals surface area contributed by atoms with E-state index in [9.17, 15) is 4.39 Å². The fourth-order valence-corrected chi connectivity index (χ4v) is 2.90. The molecule has 7 heteroatoms. The maximum atomic E-state index is 13.4. The van der Waals surface area contributed by atoms with E-state index in [1.807, 2.05) is 57.3 Å². The lowest BCUT2D eigenvalue weighted by Crippen LogP contribution is -2.32. The van der Waals surface area contributed by atoms with Crippen LogP contribution in [0, 0.1) is 5.82 Å². The first-order valence-corrected chi connectivity index (χ1v) is 10.0. The third kappa shape index (κ3) is 6.62. The zero-order chi connectivity index (χ0) is 21.3. The van der Waals surface area contributed by atoms with Crippen LogP contribution in [0.25, 0.3) is 0 Å². The van der Waals surface area contributed by atoms with Crippen LogP contribution in [-0.2, 0) is 20.0 Å². The number of aliphatic imine (C=N–C) groups is 1. The van der Waals surface area contributed by atoms with Crippen LogP contribution in [0.15, 0.2) is 65.8 Å². The zero-order valence-electron chi connectivity index (χ0n) is 17.6. The highest BCUT2D eigenvalue weighted by molar-refractivity contribution is 5.93.